The first-order valence-electron chi connectivity index (χ1n) is 9.67. The van der Waals surface area contributed by atoms with E-state index < -0.39 is 0 Å². The zero-order chi connectivity index (χ0) is 18.3. The van der Waals surface area contributed by atoms with Gasteiger partial charge in [0.05, 0.1) is 6.10 Å². The van der Waals surface area contributed by atoms with Crippen molar-refractivity contribution in [2.24, 2.45) is 5.92 Å². The molecule has 0 saturated carbocycles. The SMILES string of the molecule is CO[C@H](CN1CC[C@@]2(C)c3cc(O)ccc3C[C@H]1[C@@H]2C)c1ccccc1. The molecule has 0 unspecified atom stereocenters. The summed E-state index contributed by atoms with van der Waals surface area (Å²) in [6, 6.07) is 17.0. The second kappa shape index (κ2) is 6.71. The Morgan fingerprint density at radius 2 is 2.00 bits per heavy atom. The number of benzene rings is 2. The van der Waals surface area contributed by atoms with Crippen LogP contribution in [-0.4, -0.2) is 36.2 Å². The topological polar surface area (TPSA) is 32.7 Å². The Hall–Kier alpha value is -1.84. The first kappa shape index (κ1) is 17.6. The molecular weight excluding hydrogens is 322 g/mol. The number of likely N-dealkylation sites (tertiary alicyclic amines) is 1. The summed E-state index contributed by atoms with van der Waals surface area (Å²) in [5, 5.41) is 9.99. The second-order valence-corrected chi connectivity index (χ2v) is 8.20. The smallest absolute Gasteiger partial charge is 0.115 e. The third-order valence-corrected chi connectivity index (χ3v) is 6.96. The Morgan fingerprint density at radius 3 is 2.73 bits per heavy atom. The maximum absolute atomic E-state index is 9.99. The number of aromatic hydroxyl groups is 1. The quantitative estimate of drug-likeness (QED) is 0.891. The van der Waals surface area contributed by atoms with Crippen LogP contribution in [0.5, 0.6) is 5.75 Å². The molecule has 4 atom stereocenters. The highest BCUT2D eigenvalue weighted by Gasteiger charge is 2.48. The monoisotopic (exact) mass is 351 g/mol. The number of methoxy groups -OCH3 is 1. The molecule has 1 aliphatic carbocycles. The highest BCUT2D eigenvalue weighted by molar-refractivity contribution is 5.44. The zero-order valence-electron chi connectivity index (χ0n) is 16.0. The Bertz CT molecular complexity index is 775. The van der Waals surface area contributed by atoms with Crippen molar-refractivity contribution in [3.05, 3.63) is 65.2 Å². The number of phenols is 1. The van der Waals surface area contributed by atoms with E-state index in [4.69, 9.17) is 4.74 Å². The Balaban J connectivity index is 1.61. The van der Waals surface area contributed by atoms with Gasteiger partial charge in [0.2, 0.25) is 0 Å². The lowest BCUT2D eigenvalue weighted by Crippen LogP contribution is -2.58. The molecule has 1 N–H and O–H groups in total. The van der Waals surface area contributed by atoms with E-state index in [-0.39, 0.29) is 11.5 Å². The molecule has 3 nitrogen and oxygen atoms in total. The van der Waals surface area contributed by atoms with Crippen LogP contribution in [0.3, 0.4) is 0 Å². The standard InChI is InChI=1S/C23H29NO2/c1-16-21-13-18-9-10-19(25)14-20(18)23(16,2)11-12-24(21)15-22(26-3)17-7-5-4-6-8-17/h4-10,14,16,21-22,25H,11-13,15H2,1-3H3/t16-,21-,22+,23+/m0/s1. The van der Waals surface area contributed by atoms with Crippen LogP contribution < -0.4 is 0 Å². The molecule has 3 heteroatoms. The Kier molecular flexibility index (Phi) is 4.54. The molecule has 26 heavy (non-hydrogen) atoms. The largest absolute Gasteiger partial charge is 0.508 e. The van der Waals surface area contributed by atoms with Crippen LogP contribution >= 0.6 is 0 Å². The Morgan fingerprint density at radius 1 is 1.23 bits per heavy atom. The fraction of sp³-hybridized carbons (Fsp3) is 0.478. The maximum atomic E-state index is 9.99. The number of hydrogen-bond donors (Lipinski definition) is 1. The molecule has 2 aromatic rings. The molecule has 1 aliphatic heterocycles. The summed E-state index contributed by atoms with van der Waals surface area (Å²) < 4.78 is 5.85. The van der Waals surface area contributed by atoms with Crippen LogP contribution in [0.1, 0.15) is 43.1 Å². The fourth-order valence-electron chi connectivity index (χ4n) is 5.12. The number of rotatable bonds is 4. The van der Waals surface area contributed by atoms with E-state index in [0.29, 0.717) is 17.7 Å². The number of nitrogens with zero attached hydrogens (tertiary/aromatic N) is 1. The van der Waals surface area contributed by atoms with Crippen LogP contribution in [0, 0.1) is 5.92 Å². The van der Waals surface area contributed by atoms with Gasteiger partial charge in [-0.3, -0.25) is 4.90 Å². The molecule has 2 aliphatic rings. The molecule has 2 aromatic carbocycles. The zero-order valence-corrected chi connectivity index (χ0v) is 16.0. The van der Waals surface area contributed by atoms with E-state index in [1.807, 2.05) is 19.2 Å². The van der Waals surface area contributed by atoms with Gasteiger partial charge in [-0.25, -0.2) is 0 Å². The van der Waals surface area contributed by atoms with Crippen molar-refractivity contribution in [3.8, 4) is 5.75 Å². The van der Waals surface area contributed by atoms with E-state index >= 15 is 0 Å². The average Bonchev–Trinajstić information content (AvgIpc) is 2.65. The van der Waals surface area contributed by atoms with Crippen molar-refractivity contribution in [2.45, 2.75) is 44.2 Å². The molecule has 2 bridgehead atoms. The van der Waals surface area contributed by atoms with Crippen molar-refractivity contribution in [1.29, 1.82) is 0 Å². The summed E-state index contributed by atoms with van der Waals surface area (Å²) in [5.74, 6) is 0.945. The van der Waals surface area contributed by atoms with Crippen LogP contribution in [0.2, 0.25) is 0 Å². The Labute approximate surface area is 156 Å². The van der Waals surface area contributed by atoms with E-state index in [0.717, 1.165) is 25.9 Å². The van der Waals surface area contributed by atoms with E-state index in [1.165, 1.54) is 16.7 Å². The fourth-order valence-corrected chi connectivity index (χ4v) is 5.12. The molecule has 1 fully saturated rings. The van der Waals surface area contributed by atoms with Gasteiger partial charge in [-0.05, 0) is 59.5 Å². The van der Waals surface area contributed by atoms with Crippen molar-refractivity contribution in [2.75, 3.05) is 20.2 Å². The minimum atomic E-state index is 0.106. The third kappa shape index (κ3) is 2.83. The van der Waals surface area contributed by atoms with E-state index in [1.54, 1.807) is 0 Å². The summed E-state index contributed by atoms with van der Waals surface area (Å²) in [7, 11) is 1.81. The van der Waals surface area contributed by atoms with Gasteiger partial charge in [0, 0.05) is 19.7 Å². The second-order valence-electron chi connectivity index (χ2n) is 8.20. The summed E-state index contributed by atoms with van der Waals surface area (Å²) in [6.07, 6.45) is 2.28. The van der Waals surface area contributed by atoms with Gasteiger partial charge < -0.3 is 9.84 Å². The molecule has 138 valence electrons. The average molecular weight is 351 g/mol. The van der Waals surface area contributed by atoms with Gasteiger partial charge in [0.1, 0.15) is 5.75 Å². The summed E-state index contributed by atoms with van der Waals surface area (Å²) in [5.41, 5.74) is 4.14. The molecule has 1 heterocycles. The number of piperidine rings is 1. The number of fused-ring (bicyclic) bond motifs is 4. The molecular formula is C23H29NO2. The maximum Gasteiger partial charge on any atom is 0.115 e. The van der Waals surface area contributed by atoms with Crippen molar-refractivity contribution in [3.63, 3.8) is 0 Å². The first-order valence-corrected chi connectivity index (χ1v) is 9.67. The number of ether oxygens (including phenoxy) is 1. The van der Waals surface area contributed by atoms with Gasteiger partial charge >= 0.3 is 0 Å². The minimum absolute atomic E-state index is 0.106. The van der Waals surface area contributed by atoms with Crippen molar-refractivity contribution < 1.29 is 9.84 Å². The molecule has 0 radical (unpaired) electrons. The minimum Gasteiger partial charge on any atom is -0.508 e. The van der Waals surface area contributed by atoms with Gasteiger partial charge in [0.25, 0.3) is 0 Å². The molecule has 1 saturated heterocycles. The van der Waals surface area contributed by atoms with Gasteiger partial charge in [0.15, 0.2) is 0 Å². The highest BCUT2D eigenvalue weighted by atomic mass is 16.5. The highest BCUT2D eigenvalue weighted by Crippen LogP contribution is 2.49. The van der Waals surface area contributed by atoms with Crippen LogP contribution in [0.15, 0.2) is 48.5 Å². The van der Waals surface area contributed by atoms with Crippen LogP contribution in [0.4, 0.5) is 0 Å². The summed E-state index contributed by atoms with van der Waals surface area (Å²) in [4.78, 5) is 2.63. The molecule has 0 aromatic heterocycles. The van der Waals surface area contributed by atoms with E-state index in [9.17, 15) is 5.11 Å². The third-order valence-electron chi connectivity index (χ3n) is 6.96. The predicted molar refractivity (Wildman–Crippen MR) is 104 cm³/mol. The lowest BCUT2D eigenvalue weighted by molar-refractivity contribution is -0.0123. The van der Waals surface area contributed by atoms with E-state index in [2.05, 4.69) is 55.1 Å². The van der Waals surface area contributed by atoms with Gasteiger partial charge in [-0.2, -0.15) is 0 Å². The molecule has 0 amide bonds. The molecule has 0 spiro atoms. The predicted octanol–water partition coefficient (Wildman–Crippen LogP) is 4.30. The van der Waals surface area contributed by atoms with Gasteiger partial charge in [-0.1, -0.05) is 50.2 Å². The van der Waals surface area contributed by atoms with Crippen LogP contribution in [0.25, 0.3) is 0 Å². The summed E-state index contributed by atoms with van der Waals surface area (Å²) >= 11 is 0. The van der Waals surface area contributed by atoms with Crippen molar-refractivity contribution >= 4 is 0 Å². The van der Waals surface area contributed by atoms with Crippen molar-refractivity contribution in [1.82, 2.24) is 4.90 Å². The van der Waals surface area contributed by atoms with Gasteiger partial charge in [-0.15, -0.1) is 0 Å². The lowest BCUT2D eigenvalue weighted by atomic mass is 9.59. The number of hydrogen-bond acceptors (Lipinski definition) is 3. The summed E-state index contributed by atoms with van der Waals surface area (Å²) in [6.45, 7) is 6.77. The normalized spacial score (nSPS) is 29.2. The molecule has 4 rings (SSSR count). The lowest BCUT2D eigenvalue weighted by Gasteiger charge is -2.55. The number of phenolic OH excluding ortho intramolecular Hbond substituents is 1. The van der Waals surface area contributed by atoms with Crippen LogP contribution in [-0.2, 0) is 16.6 Å². The first-order chi connectivity index (χ1) is 12.5.